The zero-order valence-corrected chi connectivity index (χ0v) is 20.3. The van der Waals surface area contributed by atoms with Crippen molar-refractivity contribution in [2.45, 2.75) is 6.04 Å². The lowest BCUT2D eigenvalue weighted by Crippen LogP contribution is -2.29. The van der Waals surface area contributed by atoms with Gasteiger partial charge in [0.1, 0.15) is 17.3 Å². The Morgan fingerprint density at radius 3 is 2.49 bits per heavy atom. The van der Waals surface area contributed by atoms with Gasteiger partial charge in [-0.25, -0.2) is 4.98 Å². The molecule has 1 N–H and O–H groups in total. The molecule has 1 fully saturated rings. The number of thiazole rings is 1. The van der Waals surface area contributed by atoms with Crippen molar-refractivity contribution >= 4 is 55.7 Å². The second kappa shape index (κ2) is 9.05. The Morgan fingerprint density at radius 2 is 1.74 bits per heavy atom. The smallest absolute Gasteiger partial charge is 0.301 e. The van der Waals surface area contributed by atoms with Crippen LogP contribution in [0.2, 0.25) is 5.02 Å². The summed E-state index contributed by atoms with van der Waals surface area (Å²) in [6, 6.07) is 18.0. The maximum atomic E-state index is 13.4. The largest absolute Gasteiger partial charge is 0.507 e. The van der Waals surface area contributed by atoms with Gasteiger partial charge >= 0.3 is 5.91 Å². The third kappa shape index (κ3) is 4.00. The van der Waals surface area contributed by atoms with E-state index in [0.29, 0.717) is 38.3 Å². The summed E-state index contributed by atoms with van der Waals surface area (Å²) in [7, 11) is 3.07. The summed E-state index contributed by atoms with van der Waals surface area (Å²) in [6.45, 7) is 0. The summed E-state index contributed by atoms with van der Waals surface area (Å²) in [4.78, 5) is 32.6. The number of benzene rings is 3. The van der Waals surface area contributed by atoms with Gasteiger partial charge in [0.2, 0.25) is 0 Å². The number of methoxy groups -OCH3 is 2. The molecule has 7 nitrogen and oxygen atoms in total. The van der Waals surface area contributed by atoms with Crippen molar-refractivity contribution in [2.75, 3.05) is 19.1 Å². The Bertz CT molecular complexity index is 1510. The molecular formula is C26H19ClN2O5S. The fraction of sp³-hybridized carbons (Fsp3) is 0.115. The number of nitrogens with zero attached hydrogens (tertiary/aromatic N) is 2. The number of aliphatic hydroxyl groups excluding tert-OH is 1. The maximum absolute atomic E-state index is 13.4. The molecule has 5 rings (SSSR count). The van der Waals surface area contributed by atoms with E-state index in [1.54, 1.807) is 67.8 Å². The molecule has 4 aromatic rings. The minimum Gasteiger partial charge on any atom is -0.507 e. The Labute approximate surface area is 209 Å². The number of anilines is 1. The SMILES string of the molecule is COc1cccc(C(O)=C2C(=O)C(=O)N(c3nc4ccc(OC)cc4s3)C2c2cccc(Cl)c2)c1. The van der Waals surface area contributed by atoms with Crippen LogP contribution in [0.25, 0.3) is 16.0 Å². The first kappa shape index (κ1) is 22.9. The van der Waals surface area contributed by atoms with Crippen LogP contribution in [0.3, 0.4) is 0 Å². The van der Waals surface area contributed by atoms with Gasteiger partial charge in [-0.3, -0.25) is 14.5 Å². The van der Waals surface area contributed by atoms with Crippen LogP contribution in [0, 0.1) is 0 Å². The molecule has 1 saturated heterocycles. The summed E-state index contributed by atoms with van der Waals surface area (Å²) in [6.07, 6.45) is 0. The van der Waals surface area contributed by atoms with Gasteiger partial charge in [0, 0.05) is 10.6 Å². The van der Waals surface area contributed by atoms with Crippen molar-refractivity contribution in [1.29, 1.82) is 0 Å². The molecule has 1 atom stereocenters. The third-order valence-electron chi connectivity index (χ3n) is 5.74. The summed E-state index contributed by atoms with van der Waals surface area (Å²) in [5.41, 5.74) is 1.52. The van der Waals surface area contributed by atoms with Crippen molar-refractivity contribution in [2.24, 2.45) is 0 Å². The molecule has 1 aromatic heterocycles. The number of fused-ring (bicyclic) bond motifs is 1. The fourth-order valence-corrected chi connectivity index (χ4v) is 5.29. The fourth-order valence-electron chi connectivity index (χ4n) is 4.07. The molecule has 0 saturated carbocycles. The highest BCUT2D eigenvalue weighted by Gasteiger charge is 2.48. The topological polar surface area (TPSA) is 89.0 Å². The highest BCUT2D eigenvalue weighted by molar-refractivity contribution is 7.22. The summed E-state index contributed by atoms with van der Waals surface area (Å²) < 4.78 is 11.3. The number of aliphatic hydroxyl groups is 1. The number of hydrogen-bond acceptors (Lipinski definition) is 7. The van der Waals surface area contributed by atoms with Crippen molar-refractivity contribution in [3.05, 3.63) is 88.5 Å². The molecule has 2 heterocycles. The van der Waals surface area contributed by atoms with Gasteiger partial charge in [0.05, 0.1) is 36.1 Å². The molecule has 0 aliphatic carbocycles. The van der Waals surface area contributed by atoms with E-state index in [2.05, 4.69) is 4.98 Å². The minimum absolute atomic E-state index is 0.0534. The third-order valence-corrected chi connectivity index (χ3v) is 6.99. The van der Waals surface area contributed by atoms with Crippen molar-refractivity contribution < 1.29 is 24.2 Å². The van der Waals surface area contributed by atoms with Crippen LogP contribution >= 0.6 is 22.9 Å². The van der Waals surface area contributed by atoms with E-state index in [0.717, 1.165) is 4.70 Å². The Kier molecular flexibility index (Phi) is 5.92. The Balaban J connectivity index is 1.72. The van der Waals surface area contributed by atoms with Crippen molar-refractivity contribution in [1.82, 2.24) is 4.98 Å². The zero-order chi connectivity index (χ0) is 24.7. The number of ketones is 1. The average Bonchev–Trinajstić information content (AvgIpc) is 3.41. The van der Waals surface area contributed by atoms with Crippen molar-refractivity contribution in [3.8, 4) is 11.5 Å². The van der Waals surface area contributed by atoms with Crippen LogP contribution in [0.4, 0.5) is 5.13 Å². The second-order valence-corrected chi connectivity index (χ2v) is 9.23. The number of rotatable bonds is 5. The number of Topliss-reactive ketones (excluding diaryl/α,β-unsaturated/α-hetero) is 1. The number of amides is 1. The zero-order valence-electron chi connectivity index (χ0n) is 18.7. The first-order valence-corrected chi connectivity index (χ1v) is 11.8. The molecule has 0 spiro atoms. The molecule has 1 amide bonds. The van der Waals surface area contributed by atoms with E-state index < -0.39 is 17.7 Å². The van der Waals surface area contributed by atoms with E-state index in [-0.39, 0.29) is 11.3 Å². The van der Waals surface area contributed by atoms with Gasteiger partial charge in [0.15, 0.2) is 5.13 Å². The maximum Gasteiger partial charge on any atom is 0.301 e. The van der Waals surface area contributed by atoms with Crippen LogP contribution in [-0.2, 0) is 9.59 Å². The molecule has 0 radical (unpaired) electrons. The molecular weight excluding hydrogens is 488 g/mol. The number of carbonyl (C=O) groups excluding carboxylic acids is 2. The monoisotopic (exact) mass is 506 g/mol. The molecule has 1 aliphatic rings. The van der Waals surface area contributed by atoms with Crippen LogP contribution in [0.15, 0.2) is 72.3 Å². The van der Waals surface area contributed by atoms with Gasteiger partial charge in [-0.1, -0.05) is 47.2 Å². The standard InChI is InChI=1S/C26H19ClN2O5S/c1-33-17-8-4-6-15(12-17)23(30)21-22(14-5-3-7-16(27)11-14)29(25(32)24(21)31)26-28-19-10-9-18(34-2)13-20(19)35-26/h3-13,22,30H,1-2H3. The lowest BCUT2D eigenvalue weighted by atomic mass is 9.95. The van der Waals surface area contributed by atoms with E-state index in [1.807, 2.05) is 6.07 Å². The first-order chi connectivity index (χ1) is 16.9. The molecule has 1 unspecified atom stereocenters. The Hall–Kier alpha value is -3.88. The van der Waals surface area contributed by atoms with E-state index in [1.165, 1.54) is 23.3 Å². The van der Waals surface area contributed by atoms with Gasteiger partial charge in [0.25, 0.3) is 5.78 Å². The predicted molar refractivity (Wildman–Crippen MR) is 135 cm³/mol. The van der Waals surface area contributed by atoms with Crippen LogP contribution < -0.4 is 14.4 Å². The van der Waals surface area contributed by atoms with Crippen LogP contribution in [0.1, 0.15) is 17.2 Å². The first-order valence-electron chi connectivity index (χ1n) is 10.6. The van der Waals surface area contributed by atoms with Gasteiger partial charge in [-0.15, -0.1) is 0 Å². The quantitative estimate of drug-likeness (QED) is 0.215. The number of carbonyl (C=O) groups is 2. The molecule has 1 aliphatic heterocycles. The predicted octanol–water partition coefficient (Wildman–Crippen LogP) is 5.59. The van der Waals surface area contributed by atoms with Crippen LogP contribution in [0.5, 0.6) is 11.5 Å². The van der Waals surface area contributed by atoms with E-state index >= 15 is 0 Å². The lowest BCUT2D eigenvalue weighted by Gasteiger charge is -2.23. The second-order valence-electron chi connectivity index (χ2n) is 7.79. The average molecular weight is 507 g/mol. The molecule has 9 heteroatoms. The van der Waals surface area contributed by atoms with Gasteiger partial charge < -0.3 is 14.6 Å². The van der Waals surface area contributed by atoms with Gasteiger partial charge in [-0.05, 0) is 48.0 Å². The Morgan fingerprint density at radius 1 is 1.00 bits per heavy atom. The van der Waals surface area contributed by atoms with E-state index in [9.17, 15) is 14.7 Å². The van der Waals surface area contributed by atoms with E-state index in [4.69, 9.17) is 21.1 Å². The number of halogens is 1. The molecule has 3 aromatic carbocycles. The normalized spacial score (nSPS) is 17.2. The van der Waals surface area contributed by atoms with Crippen molar-refractivity contribution in [3.63, 3.8) is 0 Å². The minimum atomic E-state index is -0.928. The molecule has 35 heavy (non-hydrogen) atoms. The molecule has 0 bridgehead atoms. The number of ether oxygens (including phenoxy) is 2. The number of aromatic nitrogens is 1. The lowest BCUT2D eigenvalue weighted by molar-refractivity contribution is -0.132. The van der Waals surface area contributed by atoms with Crippen LogP contribution in [-0.4, -0.2) is 36.0 Å². The summed E-state index contributed by atoms with van der Waals surface area (Å²) in [5, 5.41) is 12.0. The summed E-state index contributed by atoms with van der Waals surface area (Å²) in [5.74, 6) is -0.753. The highest BCUT2D eigenvalue weighted by Crippen LogP contribution is 2.45. The number of hydrogen-bond donors (Lipinski definition) is 1. The molecule has 176 valence electrons. The van der Waals surface area contributed by atoms with Gasteiger partial charge in [-0.2, -0.15) is 0 Å². The highest BCUT2D eigenvalue weighted by atomic mass is 35.5. The summed E-state index contributed by atoms with van der Waals surface area (Å²) >= 11 is 7.51.